The fourth-order valence-corrected chi connectivity index (χ4v) is 5.17. The SMILES string of the molecule is CC[C@H](C(=O)NC(C)C)N(Cc1c(Cl)cccc1Cl)C(=O)CN(c1cccc(C)c1C)S(C)(=O)=O. The van der Waals surface area contributed by atoms with Crippen molar-refractivity contribution in [3.8, 4) is 0 Å². The Balaban J connectivity index is 2.55. The van der Waals surface area contributed by atoms with Crippen molar-refractivity contribution >= 4 is 50.7 Å². The first-order valence-electron chi connectivity index (χ1n) is 11.3. The summed E-state index contributed by atoms with van der Waals surface area (Å²) in [5.41, 5.74) is 2.54. The van der Waals surface area contributed by atoms with Crippen LogP contribution in [0.4, 0.5) is 5.69 Å². The van der Waals surface area contributed by atoms with Crippen LogP contribution in [0, 0.1) is 13.8 Å². The van der Waals surface area contributed by atoms with Gasteiger partial charge in [0.2, 0.25) is 21.8 Å². The zero-order chi connectivity index (χ0) is 26.5. The first-order valence-corrected chi connectivity index (χ1v) is 13.9. The normalized spacial score (nSPS) is 12.4. The standard InChI is InChI=1S/C25H33Cl2N3O4S/c1-7-22(25(32)28-16(2)3)29(14-19-20(26)11-9-12-21(19)27)24(31)15-30(35(6,33)34)23-13-8-10-17(4)18(23)5/h8-13,16,22H,7,14-15H2,1-6H3,(H,28,32)/t22-/m1/s1. The van der Waals surface area contributed by atoms with E-state index in [1.165, 1.54) is 4.90 Å². The summed E-state index contributed by atoms with van der Waals surface area (Å²) < 4.78 is 26.6. The maximum absolute atomic E-state index is 13.7. The molecule has 0 spiro atoms. The minimum Gasteiger partial charge on any atom is -0.352 e. The molecule has 0 heterocycles. The van der Waals surface area contributed by atoms with Crippen LogP contribution in [0.1, 0.15) is 43.9 Å². The molecular weight excluding hydrogens is 509 g/mol. The van der Waals surface area contributed by atoms with Gasteiger partial charge in [-0.1, -0.05) is 48.3 Å². The number of carbonyl (C=O) groups excluding carboxylic acids is 2. The molecule has 0 saturated carbocycles. The van der Waals surface area contributed by atoms with Gasteiger partial charge in [-0.05, 0) is 63.4 Å². The predicted molar refractivity (Wildman–Crippen MR) is 142 cm³/mol. The van der Waals surface area contributed by atoms with Crippen LogP contribution in [0.5, 0.6) is 0 Å². The van der Waals surface area contributed by atoms with Crippen molar-refractivity contribution in [1.82, 2.24) is 10.2 Å². The maximum atomic E-state index is 13.7. The van der Waals surface area contributed by atoms with Crippen LogP contribution in [0.2, 0.25) is 10.0 Å². The number of hydrogen-bond donors (Lipinski definition) is 1. The number of anilines is 1. The second-order valence-corrected chi connectivity index (χ2v) is 11.5. The predicted octanol–water partition coefficient (Wildman–Crippen LogP) is 4.71. The van der Waals surface area contributed by atoms with Gasteiger partial charge in [-0.2, -0.15) is 0 Å². The lowest BCUT2D eigenvalue weighted by Gasteiger charge is -2.34. The van der Waals surface area contributed by atoms with Gasteiger partial charge in [-0.25, -0.2) is 8.42 Å². The van der Waals surface area contributed by atoms with Crippen molar-refractivity contribution in [3.63, 3.8) is 0 Å². The third-order valence-corrected chi connectivity index (χ3v) is 7.57. The number of nitrogens with one attached hydrogen (secondary N) is 1. The molecular formula is C25H33Cl2N3O4S. The fourth-order valence-electron chi connectivity index (χ4n) is 3.75. The molecule has 0 aliphatic heterocycles. The molecule has 2 aromatic rings. The van der Waals surface area contributed by atoms with Gasteiger partial charge >= 0.3 is 0 Å². The summed E-state index contributed by atoms with van der Waals surface area (Å²) in [6.45, 7) is 8.59. The molecule has 0 saturated heterocycles. The number of halogens is 2. The van der Waals surface area contributed by atoms with Crippen LogP contribution < -0.4 is 9.62 Å². The van der Waals surface area contributed by atoms with Crippen molar-refractivity contribution in [2.75, 3.05) is 17.1 Å². The number of hydrogen-bond acceptors (Lipinski definition) is 4. The van der Waals surface area contributed by atoms with E-state index in [0.29, 0.717) is 27.7 Å². The fraction of sp³-hybridized carbons (Fsp3) is 0.440. The topological polar surface area (TPSA) is 86.8 Å². The Bertz CT molecular complexity index is 1160. The van der Waals surface area contributed by atoms with E-state index in [0.717, 1.165) is 21.7 Å². The van der Waals surface area contributed by atoms with Crippen LogP contribution in [-0.4, -0.2) is 50.0 Å². The number of rotatable bonds is 10. The van der Waals surface area contributed by atoms with Gasteiger partial charge < -0.3 is 10.2 Å². The number of benzene rings is 2. The van der Waals surface area contributed by atoms with E-state index in [-0.39, 0.29) is 18.5 Å². The largest absolute Gasteiger partial charge is 0.352 e. The van der Waals surface area contributed by atoms with Crippen LogP contribution in [0.3, 0.4) is 0 Å². The average Bonchev–Trinajstić information content (AvgIpc) is 2.74. The number of amides is 2. The van der Waals surface area contributed by atoms with Gasteiger partial charge in [0.05, 0.1) is 11.9 Å². The molecule has 1 N–H and O–H groups in total. The molecule has 0 aliphatic carbocycles. The quantitative estimate of drug-likeness (QED) is 0.471. The van der Waals surface area contributed by atoms with Gasteiger partial charge in [0.25, 0.3) is 0 Å². The molecule has 35 heavy (non-hydrogen) atoms. The van der Waals surface area contributed by atoms with Gasteiger partial charge in [-0.15, -0.1) is 0 Å². The molecule has 0 bridgehead atoms. The van der Waals surface area contributed by atoms with Crippen molar-refractivity contribution in [3.05, 3.63) is 63.1 Å². The smallest absolute Gasteiger partial charge is 0.244 e. The van der Waals surface area contributed by atoms with Crippen LogP contribution >= 0.6 is 23.2 Å². The highest BCUT2D eigenvalue weighted by Gasteiger charge is 2.33. The van der Waals surface area contributed by atoms with Crippen molar-refractivity contribution in [2.24, 2.45) is 0 Å². The molecule has 0 aromatic heterocycles. The summed E-state index contributed by atoms with van der Waals surface area (Å²) in [5.74, 6) is -0.880. The lowest BCUT2D eigenvalue weighted by atomic mass is 10.1. The second-order valence-electron chi connectivity index (χ2n) is 8.80. The second kappa shape index (κ2) is 12.1. The first-order chi connectivity index (χ1) is 16.3. The van der Waals surface area contributed by atoms with Crippen LogP contribution in [0.25, 0.3) is 0 Å². The molecule has 7 nitrogen and oxygen atoms in total. The van der Waals surface area contributed by atoms with E-state index in [1.807, 2.05) is 26.8 Å². The Kier molecular flexibility index (Phi) is 10.0. The molecule has 192 valence electrons. The van der Waals surface area contributed by atoms with E-state index in [2.05, 4.69) is 5.32 Å². The number of nitrogens with zero attached hydrogens (tertiary/aromatic N) is 2. The van der Waals surface area contributed by atoms with Crippen LogP contribution in [-0.2, 0) is 26.2 Å². The molecule has 2 aromatic carbocycles. The summed E-state index contributed by atoms with van der Waals surface area (Å²) in [7, 11) is -3.81. The van der Waals surface area contributed by atoms with Crippen LogP contribution in [0.15, 0.2) is 36.4 Å². The molecule has 0 unspecified atom stereocenters. The Morgan fingerprint density at radius 2 is 1.60 bits per heavy atom. The summed E-state index contributed by atoms with van der Waals surface area (Å²) in [5, 5.41) is 3.55. The average molecular weight is 543 g/mol. The Hall–Kier alpha value is -2.29. The summed E-state index contributed by atoms with van der Waals surface area (Å²) in [4.78, 5) is 28.1. The molecule has 1 atom stereocenters. The van der Waals surface area contributed by atoms with Gasteiger partial charge in [-0.3, -0.25) is 13.9 Å². The highest BCUT2D eigenvalue weighted by molar-refractivity contribution is 7.92. The lowest BCUT2D eigenvalue weighted by molar-refractivity contribution is -0.140. The van der Waals surface area contributed by atoms with Gasteiger partial charge in [0, 0.05) is 28.2 Å². The van der Waals surface area contributed by atoms with E-state index in [9.17, 15) is 18.0 Å². The third kappa shape index (κ3) is 7.35. The number of aryl methyl sites for hydroxylation is 1. The minimum absolute atomic E-state index is 0.0498. The Morgan fingerprint density at radius 3 is 2.11 bits per heavy atom. The summed E-state index contributed by atoms with van der Waals surface area (Å²) >= 11 is 12.7. The van der Waals surface area contributed by atoms with Gasteiger partial charge in [0.1, 0.15) is 12.6 Å². The highest BCUT2D eigenvalue weighted by Crippen LogP contribution is 2.29. The van der Waals surface area contributed by atoms with Gasteiger partial charge in [0.15, 0.2) is 0 Å². The minimum atomic E-state index is -3.81. The third-order valence-electron chi connectivity index (χ3n) is 5.73. The molecule has 2 rings (SSSR count). The maximum Gasteiger partial charge on any atom is 0.244 e. The summed E-state index contributed by atoms with van der Waals surface area (Å²) in [6, 6.07) is 9.28. The number of carbonyl (C=O) groups is 2. The summed E-state index contributed by atoms with van der Waals surface area (Å²) in [6.07, 6.45) is 1.37. The molecule has 10 heteroatoms. The monoisotopic (exact) mass is 541 g/mol. The zero-order valence-electron chi connectivity index (χ0n) is 20.9. The molecule has 2 amide bonds. The molecule has 0 aliphatic rings. The van der Waals surface area contributed by atoms with E-state index in [4.69, 9.17) is 23.2 Å². The van der Waals surface area contributed by atoms with Crippen molar-refractivity contribution < 1.29 is 18.0 Å². The molecule has 0 fully saturated rings. The Labute approximate surface area is 218 Å². The van der Waals surface area contributed by atoms with Crippen molar-refractivity contribution in [1.29, 1.82) is 0 Å². The van der Waals surface area contributed by atoms with E-state index >= 15 is 0 Å². The zero-order valence-corrected chi connectivity index (χ0v) is 23.3. The van der Waals surface area contributed by atoms with E-state index < -0.39 is 28.5 Å². The highest BCUT2D eigenvalue weighted by atomic mass is 35.5. The first kappa shape index (κ1) is 28.9. The molecule has 0 radical (unpaired) electrons. The van der Waals surface area contributed by atoms with E-state index in [1.54, 1.807) is 44.2 Å². The number of sulfonamides is 1. The van der Waals surface area contributed by atoms with Crippen molar-refractivity contribution in [2.45, 2.75) is 59.7 Å². The lowest BCUT2D eigenvalue weighted by Crippen LogP contribution is -2.53. The Morgan fingerprint density at radius 1 is 1.03 bits per heavy atom.